The molecule has 5 nitrogen and oxygen atoms in total. The lowest BCUT2D eigenvalue weighted by Crippen LogP contribution is -2.42. The maximum absolute atomic E-state index is 13.1. The first kappa shape index (κ1) is 19.7. The van der Waals surface area contributed by atoms with Gasteiger partial charge in [0.05, 0.1) is 13.1 Å². The minimum absolute atomic E-state index is 0.0179. The second kappa shape index (κ2) is 9.17. The van der Waals surface area contributed by atoms with Gasteiger partial charge in [0.15, 0.2) is 0 Å². The number of nitrogens with zero attached hydrogens (tertiary/aromatic N) is 2. The number of hydrogen-bond acceptors (Lipinski definition) is 3. The van der Waals surface area contributed by atoms with Gasteiger partial charge in [-0.15, -0.1) is 0 Å². The predicted octanol–water partition coefficient (Wildman–Crippen LogP) is 3.51. The van der Waals surface area contributed by atoms with E-state index in [0.717, 1.165) is 17.7 Å². The Kier molecular flexibility index (Phi) is 6.95. The van der Waals surface area contributed by atoms with Gasteiger partial charge < -0.3 is 14.2 Å². The number of rotatable bonds is 8. The lowest BCUT2D eigenvalue weighted by atomic mass is 10.2. The molecule has 0 spiro atoms. The van der Waals surface area contributed by atoms with Gasteiger partial charge in [-0.05, 0) is 43.2 Å². The number of aryl methyl sites for hydroxylation is 1. The van der Waals surface area contributed by atoms with Crippen LogP contribution >= 0.6 is 0 Å². The first-order chi connectivity index (χ1) is 12.4. The van der Waals surface area contributed by atoms with E-state index in [4.69, 9.17) is 4.42 Å². The molecule has 0 bridgehead atoms. The molecule has 0 saturated carbocycles. The summed E-state index contributed by atoms with van der Waals surface area (Å²) in [4.78, 5) is 27.7. The van der Waals surface area contributed by atoms with Gasteiger partial charge in [0.1, 0.15) is 17.3 Å². The van der Waals surface area contributed by atoms with Gasteiger partial charge in [0.25, 0.3) is 0 Å². The van der Waals surface area contributed by atoms with E-state index >= 15 is 0 Å². The van der Waals surface area contributed by atoms with Crippen LogP contribution in [-0.4, -0.2) is 34.7 Å². The van der Waals surface area contributed by atoms with Gasteiger partial charge in [-0.1, -0.05) is 19.1 Å². The molecule has 0 saturated heterocycles. The summed E-state index contributed by atoms with van der Waals surface area (Å²) in [6.45, 7) is 6.42. The van der Waals surface area contributed by atoms with Gasteiger partial charge in [0.2, 0.25) is 11.8 Å². The molecule has 140 valence electrons. The van der Waals surface area contributed by atoms with E-state index in [1.165, 1.54) is 24.0 Å². The zero-order valence-corrected chi connectivity index (χ0v) is 15.5. The molecule has 0 atom stereocenters. The molecule has 2 rings (SSSR count). The molecule has 0 unspecified atom stereocenters. The Balaban J connectivity index is 2.16. The van der Waals surface area contributed by atoms with E-state index < -0.39 is 0 Å². The highest BCUT2D eigenvalue weighted by molar-refractivity contribution is 5.83. The molecule has 2 amide bonds. The molecule has 0 radical (unpaired) electrons. The normalized spacial score (nSPS) is 10.6. The van der Waals surface area contributed by atoms with Gasteiger partial charge in [-0.2, -0.15) is 0 Å². The summed E-state index contributed by atoms with van der Waals surface area (Å²) >= 11 is 0. The van der Waals surface area contributed by atoms with Crippen LogP contribution in [0.15, 0.2) is 40.8 Å². The fourth-order valence-corrected chi connectivity index (χ4v) is 2.68. The lowest BCUT2D eigenvalue weighted by Gasteiger charge is -2.26. The molecule has 1 aromatic heterocycles. The van der Waals surface area contributed by atoms with Crippen molar-refractivity contribution >= 4 is 11.8 Å². The molecule has 0 aliphatic carbocycles. The fourth-order valence-electron chi connectivity index (χ4n) is 2.68. The summed E-state index contributed by atoms with van der Waals surface area (Å²) in [6, 6.07) is 9.71. The molecule has 26 heavy (non-hydrogen) atoms. The highest BCUT2D eigenvalue weighted by atomic mass is 19.1. The topological polar surface area (TPSA) is 53.8 Å². The minimum Gasteiger partial charge on any atom is -0.464 e. The molecule has 0 N–H and O–H groups in total. The number of carbonyl (C=O) groups is 2. The van der Waals surface area contributed by atoms with Crippen molar-refractivity contribution in [1.82, 2.24) is 9.80 Å². The van der Waals surface area contributed by atoms with Gasteiger partial charge in [-0.25, -0.2) is 4.39 Å². The van der Waals surface area contributed by atoms with Crippen molar-refractivity contribution in [2.75, 3.05) is 13.1 Å². The van der Waals surface area contributed by atoms with E-state index in [1.807, 2.05) is 26.0 Å². The molecular weight excluding hydrogens is 335 g/mol. The molecule has 2 aromatic rings. The van der Waals surface area contributed by atoms with Crippen LogP contribution in [0.25, 0.3) is 0 Å². The van der Waals surface area contributed by atoms with Crippen molar-refractivity contribution < 1.29 is 18.4 Å². The fraction of sp³-hybridized carbons (Fsp3) is 0.400. The summed E-state index contributed by atoms with van der Waals surface area (Å²) in [5.74, 6) is 0.815. The van der Waals surface area contributed by atoms with Gasteiger partial charge in [-0.3, -0.25) is 9.59 Å². The summed E-state index contributed by atoms with van der Waals surface area (Å²) in [6.07, 6.45) is 0.780. The van der Waals surface area contributed by atoms with Crippen LogP contribution in [0.4, 0.5) is 4.39 Å². The smallest absolute Gasteiger partial charge is 0.242 e. The summed E-state index contributed by atoms with van der Waals surface area (Å²) in [7, 11) is 0. The van der Waals surface area contributed by atoms with Gasteiger partial charge in [0, 0.05) is 20.0 Å². The number of amides is 2. The second-order valence-corrected chi connectivity index (χ2v) is 6.33. The van der Waals surface area contributed by atoms with Crippen molar-refractivity contribution in [2.45, 2.75) is 40.3 Å². The molecule has 1 aromatic carbocycles. The summed E-state index contributed by atoms with van der Waals surface area (Å²) < 4.78 is 18.7. The van der Waals surface area contributed by atoms with E-state index in [-0.39, 0.29) is 24.2 Å². The van der Waals surface area contributed by atoms with Crippen LogP contribution in [0.2, 0.25) is 0 Å². The third-order valence-electron chi connectivity index (χ3n) is 4.05. The third-order valence-corrected chi connectivity index (χ3v) is 4.05. The predicted molar refractivity (Wildman–Crippen MR) is 96.6 cm³/mol. The van der Waals surface area contributed by atoms with Crippen LogP contribution in [0, 0.1) is 12.7 Å². The van der Waals surface area contributed by atoms with Crippen molar-refractivity contribution in [2.24, 2.45) is 0 Å². The quantitative estimate of drug-likeness (QED) is 0.724. The van der Waals surface area contributed by atoms with Crippen LogP contribution in [0.3, 0.4) is 0 Å². The van der Waals surface area contributed by atoms with Crippen molar-refractivity contribution in [3.8, 4) is 0 Å². The maximum atomic E-state index is 13.1. The van der Waals surface area contributed by atoms with Crippen LogP contribution in [0.5, 0.6) is 0 Å². The zero-order chi connectivity index (χ0) is 19.1. The Morgan fingerprint density at radius 1 is 1.04 bits per heavy atom. The summed E-state index contributed by atoms with van der Waals surface area (Å²) in [5, 5.41) is 0. The van der Waals surface area contributed by atoms with Crippen molar-refractivity contribution in [3.63, 3.8) is 0 Å². The molecule has 0 aliphatic rings. The Morgan fingerprint density at radius 2 is 1.73 bits per heavy atom. The van der Waals surface area contributed by atoms with E-state index in [0.29, 0.717) is 25.4 Å². The number of halogens is 1. The van der Waals surface area contributed by atoms with Gasteiger partial charge >= 0.3 is 0 Å². The van der Waals surface area contributed by atoms with E-state index in [9.17, 15) is 14.0 Å². The Morgan fingerprint density at radius 3 is 2.27 bits per heavy atom. The van der Waals surface area contributed by atoms with Crippen molar-refractivity contribution in [3.05, 3.63) is 59.3 Å². The molecule has 6 heteroatoms. The van der Waals surface area contributed by atoms with Crippen molar-refractivity contribution in [1.29, 1.82) is 0 Å². The SMILES string of the molecule is CCCN(CC(=O)N(Cc1ccc(F)cc1)Cc1ccc(C)o1)C(C)=O. The highest BCUT2D eigenvalue weighted by Crippen LogP contribution is 2.14. The van der Waals surface area contributed by atoms with E-state index in [1.54, 1.807) is 17.0 Å². The molecule has 1 heterocycles. The average molecular weight is 360 g/mol. The number of carbonyl (C=O) groups excluding carboxylic acids is 2. The largest absolute Gasteiger partial charge is 0.464 e. The first-order valence-electron chi connectivity index (χ1n) is 8.72. The second-order valence-electron chi connectivity index (χ2n) is 6.33. The number of furan rings is 1. The molecule has 0 aliphatic heterocycles. The number of benzene rings is 1. The van der Waals surface area contributed by atoms with Crippen LogP contribution in [-0.2, 0) is 22.7 Å². The molecular formula is C20H25FN2O3. The Hall–Kier alpha value is -2.63. The standard InChI is InChI=1S/C20H25FN2O3/c1-4-11-22(16(3)24)14-20(25)23(13-19-10-5-15(2)26-19)12-17-6-8-18(21)9-7-17/h5-10H,4,11-14H2,1-3H3. The van der Waals surface area contributed by atoms with Crippen LogP contribution < -0.4 is 0 Å². The Bertz CT molecular complexity index is 740. The third kappa shape index (κ3) is 5.72. The highest BCUT2D eigenvalue weighted by Gasteiger charge is 2.20. The first-order valence-corrected chi connectivity index (χ1v) is 8.72. The van der Waals surface area contributed by atoms with Crippen LogP contribution in [0.1, 0.15) is 37.4 Å². The Labute approximate surface area is 153 Å². The zero-order valence-electron chi connectivity index (χ0n) is 15.5. The monoisotopic (exact) mass is 360 g/mol. The number of hydrogen-bond donors (Lipinski definition) is 0. The maximum Gasteiger partial charge on any atom is 0.242 e. The van der Waals surface area contributed by atoms with E-state index in [2.05, 4.69) is 0 Å². The lowest BCUT2D eigenvalue weighted by molar-refractivity contribution is -0.140. The molecule has 0 fully saturated rings. The summed E-state index contributed by atoms with van der Waals surface area (Å²) in [5.41, 5.74) is 0.813. The minimum atomic E-state index is -0.320. The average Bonchev–Trinajstić information content (AvgIpc) is 3.00.